The van der Waals surface area contributed by atoms with Crippen LogP contribution in [0.5, 0.6) is 5.75 Å². The van der Waals surface area contributed by atoms with E-state index in [0.717, 1.165) is 10.7 Å². The summed E-state index contributed by atoms with van der Waals surface area (Å²) < 4.78 is 10.6. The van der Waals surface area contributed by atoms with Crippen LogP contribution in [0.2, 0.25) is 0 Å². The average molecular weight is 308 g/mol. The molecule has 5 heteroatoms. The number of hydrogen-bond acceptors (Lipinski definition) is 5. The van der Waals surface area contributed by atoms with Crippen LogP contribution in [0.25, 0.3) is 0 Å². The van der Waals surface area contributed by atoms with Gasteiger partial charge >= 0.3 is 5.97 Å². The molecule has 106 valence electrons. The normalized spacial score (nSPS) is 18.0. The second-order valence-corrected chi connectivity index (χ2v) is 6.95. The van der Waals surface area contributed by atoms with Crippen LogP contribution in [0.3, 0.4) is 0 Å². The molecule has 0 saturated carbocycles. The SMILES string of the molecule is C=CC(=O)OCC1=C(C)SC(c2ccc(OC)cc2)S1. The Labute approximate surface area is 127 Å². The Morgan fingerprint density at radius 1 is 1.35 bits per heavy atom. The van der Waals surface area contributed by atoms with Gasteiger partial charge in [0, 0.05) is 11.0 Å². The molecular weight excluding hydrogens is 292 g/mol. The third-order valence-corrected chi connectivity index (χ3v) is 5.81. The van der Waals surface area contributed by atoms with Gasteiger partial charge in [-0.2, -0.15) is 0 Å². The predicted octanol–water partition coefficient (Wildman–Crippen LogP) is 4.13. The second-order valence-electron chi connectivity index (χ2n) is 4.13. The molecule has 1 heterocycles. The third-order valence-electron chi connectivity index (χ3n) is 2.83. The number of esters is 1. The molecule has 0 saturated heterocycles. The van der Waals surface area contributed by atoms with Gasteiger partial charge in [-0.15, -0.1) is 23.5 Å². The molecule has 3 nitrogen and oxygen atoms in total. The first-order chi connectivity index (χ1) is 9.63. The fourth-order valence-corrected chi connectivity index (χ4v) is 4.60. The van der Waals surface area contributed by atoms with Gasteiger partial charge in [0.05, 0.1) is 11.7 Å². The summed E-state index contributed by atoms with van der Waals surface area (Å²) in [7, 11) is 1.66. The van der Waals surface area contributed by atoms with Crippen molar-refractivity contribution in [2.24, 2.45) is 0 Å². The third kappa shape index (κ3) is 3.61. The monoisotopic (exact) mass is 308 g/mol. The lowest BCUT2D eigenvalue weighted by Crippen LogP contribution is -2.02. The maximum Gasteiger partial charge on any atom is 0.330 e. The van der Waals surface area contributed by atoms with Crippen LogP contribution >= 0.6 is 23.5 Å². The van der Waals surface area contributed by atoms with E-state index in [-0.39, 0.29) is 5.97 Å². The van der Waals surface area contributed by atoms with E-state index in [1.54, 1.807) is 30.6 Å². The Kier molecular flexibility index (Phi) is 5.20. The summed E-state index contributed by atoms with van der Waals surface area (Å²) in [5, 5.41) is 0. The molecular formula is C15H16O3S2. The molecule has 0 aromatic heterocycles. The highest BCUT2D eigenvalue weighted by molar-refractivity contribution is 8.22. The van der Waals surface area contributed by atoms with E-state index in [1.807, 2.05) is 12.1 Å². The van der Waals surface area contributed by atoms with Gasteiger partial charge in [-0.05, 0) is 29.5 Å². The quantitative estimate of drug-likeness (QED) is 0.603. The molecule has 1 aliphatic heterocycles. The van der Waals surface area contributed by atoms with E-state index in [0.29, 0.717) is 11.2 Å². The minimum Gasteiger partial charge on any atom is -0.497 e. The van der Waals surface area contributed by atoms with Crippen LogP contribution < -0.4 is 4.74 Å². The zero-order valence-electron chi connectivity index (χ0n) is 11.4. The van der Waals surface area contributed by atoms with Crippen LogP contribution in [0.1, 0.15) is 17.1 Å². The summed E-state index contributed by atoms with van der Waals surface area (Å²) in [4.78, 5) is 13.4. The van der Waals surface area contributed by atoms with E-state index >= 15 is 0 Å². The second kappa shape index (κ2) is 6.90. The highest BCUT2D eigenvalue weighted by atomic mass is 32.2. The Morgan fingerprint density at radius 3 is 2.65 bits per heavy atom. The first-order valence-corrected chi connectivity index (χ1v) is 7.86. The number of methoxy groups -OCH3 is 1. The molecule has 1 aromatic rings. The fraction of sp³-hybridized carbons (Fsp3) is 0.267. The summed E-state index contributed by atoms with van der Waals surface area (Å²) in [6, 6.07) is 8.05. The number of carbonyl (C=O) groups excluding carboxylic acids is 1. The summed E-state index contributed by atoms with van der Waals surface area (Å²) in [5.41, 5.74) is 1.23. The van der Waals surface area contributed by atoms with Gasteiger partial charge in [0.25, 0.3) is 0 Å². The minimum atomic E-state index is -0.385. The number of thioether (sulfide) groups is 2. The van der Waals surface area contributed by atoms with E-state index in [2.05, 4.69) is 25.6 Å². The van der Waals surface area contributed by atoms with Crippen LogP contribution in [0.15, 0.2) is 46.7 Å². The summed E-state index contributed by atoms with van der Waals surface area (Å²) in [6.07, 6.45) is 1.18. The molecule has 0 N–H and O–H groups in total. The van der Waals surface area contributed by atoms with Crippen LogP contribution in [0, 0.1) is 0 Å². The zero-order chi connectivity index (χ0) is 14.5. The Morgan fingerprint density at radius 2 is 2.05 bits per heavy atom. The van der Waals surface area contributed by atoms with Gasteiger partial charge in [0.2, 0.25) is 0 Å². The van der Waals surface area contributed by atoms with Crippen molar-refractivity contribution in [3.05, 3.63) is 52.3 Å². The van der Waals surface area contributed by atoms with E-state index in [9.17, 15) is 4.79 Å². The molecule has 0 bridgehead atoms. The van der Waals surface area contributed by atoms with E-state index < -0.39 is 0 Å². The predicted molar refractivity (Wildman–Crippen MR) is 84.8 cm³/mol. The maximum absolute atomic E-state index is 11.1. The molecule has 1 aliphatic rings. The first-order valence-electron chi connectivity index (χ1n) is 6.10. The molecule has 0 amide bonds. The number of carbonyl (C=O) groups is 1. The van der Waals surface area contributed by atoms with Gasteiger partial charge in [0.1, 0.15) is 12.4 Å². The van der Waals surface area contributed by atoms with E-state index in [4.69, 9.17) is 9.47 Å². The number of hydrogen-bond donors (Lipinski definition) is 0. The van der Waals surface area contributed by atoms with Crippen LogP contribution in [-0.2, 0) is 9.53 Å². The first kappa shape index (κ1) is 15.1. The summed E-state index contributed by atoms with van der Waals surface area (Å²) >= 11 is 3.51. The summed E-state index contributed by atoms with van der Waals surface area (Å²) in [6.45, 7) is 5.76. The van der Waals surface area contributed by atoms with Gasteiger partial charge in [0.15, 0.2) is 0 Å². The van der Waals surface area contributed by atoms with Crippen molar-refractivity contribution in [3.8, 4) is 5.75 Å². The highest BCUT2D eigenvalue weighted by Gasteiger charge is 2.25. The maximum atomic E-state index is 11.1. The Hall–Kier alpha value is -1.33. The fourth-order valence-electron chi connectivity index (χ4n) is 1.69. The largest absolute Gasteiger partial charge is 0.497 e. The average Bonchev–Trinajstić information content (AvgIpc) is 2.86. The van der Waals surface area contributed by atoms with Crippen molar-refractivity contribution in [1.29, 1.82) is 0 Å². The van der Waals surface area contributed by atoms with Crippen LogP contribution in [0.4, 0.5) is 0 Å². The molecule has 0 spiro atoms. The Balaban J connectivity index is 1.98. The van der Waals surface area contributed by atoms with Crippen molar-refractivity contribution in [1.82, 2.24) is 0 Å². The van der Waals surface area contributed by atoms with E-state index in [1.165, 1.54) is 16.5 Å². The molecule has 0 radical (unpaired) electrons. The zero-order valence-corrected chi connectivity index (χ0v) is 13.1. The highest BCUT2D eigenvalue weighted by Crippen LogP contribution is 2.55. The topological polar surface area (TPSA) is 35.5 Å². The van der Waals surface area contributed by atoms with Gasteiger partial charge in [-0.25, -0.2) is 4.79 Å². The molecule has 1 unspecified atom stereocenters. The minimum absolute atomic E-state index is 0.304. The van der Waals surface area contributed by atoms with Gasteiger partial charge < -0.3 is 9.47 Å². The van der Waals surface area contributed by atoms with Crippen molar-refractivity contribution < 1.29 is 14.3 Å². The van der Waals surface area contributed by atoms with Crippen molar-refractivity contribution in [3.63, 3.8) is 0 Å². The number of rotatable bonds is 5. The smallest absolute Gasteiger partial charge is 0.330 e. The lowest BCUT2D eigenvalue weighted by molar-refractivity contribution is -0.136. The molecule has 1 aromatic carbocycles. The standard InChI is InChI=1S/C15H16O3S2/c1-4-14(16)18-9-13-10(2)19-15(20-13)11-5-7-12(17-3)8-6-11/h4-8,15H,1,9H2,2-3H3. The Bertz CT molecular complexity index is 535. The molecule has 1 atom stereocenters. The van der Waals surface area contributed by atoms with Crippen molar-refractivity contribution >= 4 is 29.5 Å². The molecule has 2 rings (SSSR count). The van der Waals surface area contributed by atoms with Crippen LogP contribution in [-0.4, -0.2) is 19.7 Å². The van der Waals surface area contributed by atoms with Crippen molar-refractivity contribution in [2.45, 2.75) is 11.5 Å². The number of allylic oxidation sites excluding steroid dienone is 1. The van der Waals surface area contributed by atoms with Crippen molar-refractivity contribution in [2.75, 3.05) is 13.7 Å². The lowest BCUT2D eigenvalue weighted by Gasteiger charge is -2.10. The van der Waals surface area contributed by atoms with Gasteiger partial charge in [-0.1, -0.05) is 18.7 Å². The van der Waals surface area contributed by atoms with Gasteiger partial charge in [-0.3, -0.25) is 0 Å². The lowest BCUT2D eigenvalue weighted by atomic mass is 10.2. The summed E-state index contributed by atoms with van der Waals surface area (Å²) in [5.74, 6) is 0.468. The molecule has 0 fully saturated rings. The molecule has 0 aliphatic carbocycles. The number of ether oxygens (including phenoxy) is 2. The number of benzene rings is 1. The molecule has 20 heavy (non-hydrogen) atoms.